The molecule has 1 aliphatic rings. The highest BCUT2D eigenvalue weighted by Crippen LogP contribution is 2.28. The van der Waals surface area contributed by atoms with Crippen LogP contribution in [0, 0.1) is 0 Å². The molecule has 0 bridgehead atoms. The summed E-state index contributed by atoms with van der Waals surface area (Å²) >= 11 is 6.21. The lowest BCUT2D eigenvalue weighted by Crippen LogP contribution is -2.60. The summed E-state index contributed by atoms with van der Waals surface area (Å²) in [6.07, 6.45) is 4.50. The van der Waals surface area contributed by atoms with E-state index in [-0.39, 0.29) is 17.9 Å². The first-order valence-corrected chi connectivity index (χ1v) is 10.1. The molecule has 0 atom stereocenters. The number of amides is 2. The number of nitrogens with one attached hydrogen (secondary N) is 3. The van der Waals surface area contributed by atoms with Crippen molar-refractivity contribution in [1.29, 1.82) is 0 Å². The molecule has 2 amide bonds. The fraction of sp³-hybridized carbons (Fsp3) is 0.238. The van der Waals surface area contributed by atoms with Gasteiger partial charge >= 0.3 is 0 Å². The Hall–Kier alpha value is -3.59. The Morgan fingerprint density at radius 3 is 2.84 bits per heavy atom. The average Bonchev–Trinajstić information content (AvgIpc) is 3.30. The van der Waals surface area contributed by atoms with Crippen LogP contribution in [0.1, 0.15) is 21.9 Å². The quantitative estimate of drug-likeness (QED) is 0.490. The van der Waals surface area contributed by atoms with Gasteiger partial charge in [-0.05, 0) is 23.8 Å². The van der Waals surface area contributed by atoms with E-state index in [1.165, 1.54) is 12.3 Å². The molecule has 1 fully saturated rings. The van der Waals surface area contributed by atoms with E-state index >= 15 is 0 Å². The Balaban J connectivity index is 1.40. The van der Waals surface area contributed by atoms with Crippen LogP contribution in [0.15, 0.2) is 37.6 Å². The van der Waals surface area contributed by atoms with Crippen molar-refractivity contribution in [2.75, 3.05) is 18.4 Å². The van der Waals surface area contributed by atoms with Gasteiger partial charge < -0.3 is 20.1 Å². The van der Waals surface area contributed by atoms with Crippen molar-refractivity contribution in [1.82, 2.24) is 30.0 Å². The number of hydrogen-bond acceptors (Lipinski definition) is 5. The number of halogens is 1. The zero-order chi connectivity index (χ0) is 22.1. The highest BCUT2D eigenvalue weighted by atomic mass is 35.5. The third-order valence-corrected chi connectivity index (χ3v) is 5.66. The summed E-state index contributed by atoms with van der Waals surface area (Å²) in [7, 11) is 1.78. The second-order valence-electron chi connectivity index (χ2n) is 7.29. The minimum atomic E-state index is -0.229. The molecule has 9 nitrogen and oxygen atoms in total. The van der Waals surface area contributed by atoms with Crippen LogP contribution in [0.25, 0.3) is 17.0 Å². The Kier molecular flexibility index (Phi) is 5.51. The lowest BCUT2D eigenvalue weighted by molar-refractivity contribution is -0.130. The van der Waals surface area contributed by atoms with Gasteiger partial charge in [0.1, 0.15) is 11.5 Å². The molecule has 10 heteroatoms. The van der Waals surface area contributed by atoms with E-state index in [1.807, 2.05) is 6.07 Å². The van der Waals surface area contributed by atoms with Crippen LogP contribution in [0.5, 0.6) is 0 Å². The Labute approximate surface area is 183 Å². The van der Waals surface area contributed by atoms with Gasteiger partial charge in [0.05, 0.1) is 24.3 Å². The number of carbonyl (C=O) groups excluding carboxylic acids is 2. The summed E-state index contributed by atoms with van der Waals surface area (Å²) < 4.78 is 1.73. The number of imidazole rings is 1. The summed E-state index contributed by atoms with van der Waals surface area (Å²) in [5.74, 6) is 0.974. The molecule has 3 heterocycles. The molecule has 1 aliphatic heterocycles. The highest BCUT2D eigenvalue weighted by Gasteiger charge is 2.31. The molecule has 0 spiro atoms. The summed E-state index contributed by atoms with van der Waals surface area (Å²) in [4.78, 5) is 30.1. The van der Waals surface area contributed by atoms with Gasteiger partial charge in [-0.3, -0.25) is 14.7 Å². The number of likely N-dealkylation sites (tertiary alicyclic amines) is 1. The van der Waals surface area contributed by atoms with Crippen molar-refractivity contribution in [3.63, 3.8) is 0 Å². The molecule has 2 aromatic heterocycles. The Morgan fingerprint density at radius 2 is 2.13 bits per heavy atom. The van der Waals surface area contributed by atoms with E-state index in [4.69, 9.17) is 11.6 Å². The average molecular weight is 440 g/mol. The maximum atomic E-state index is 12.6. The fourth-order valence-corrected chi connectivity index (χ4v) is 3.71. The van der Waals surface area contributed by atoms with E-state index < -0.39 is 0 Å². The number of aromatic amines is 1. The second kappa shape index (κ2) is 8.27. The first-order chi connectivity index (χ1) is 14.9. The summed E-state index contributed by atoms with van der Waals surface area (Å²) in [5.41, 5.74) is 2.07. The summed E-state index contributed by atoms with van der Waals surface area (Å²) in [5, 5.41) is 14.9. The van der Waals surface area contributed by atoms with Crippen LogP contribution in [0.4, 0.5) is 5.82 Å². The van der Waals surface area contributed by atoms with E-state index in [0.717, 1.165) is 16.5 Å². The molecule has 3 aromatic rings. The largest absolute Gasteiger partial charge is 0.361 e. The number of rotatable bonds is 7. The van der Waals surface area contributed by atoms with Gasteiger partial charge in [0.15, 0.2) is 5.82 Å². The number of fused-ring (bicyclic) bond motifs is 1. The lowest BCUT2D eigenvalue weighted by Gasteiger charge is -2.38. The van der Waals surface area contributed by atoms with Gasteiger partial charge in [-0.25, -0.2) is 4.98 Å². The zero-order valence-electron chi connectivity index (χ0n) is 17.0. The Bertz CT molecular complexity index is 1190. The lowest BCUT2D eigenvalue weighted by atomic mass is 10.1. The van der Waals surface area contributed by atoms with Crippen LogP contribution < -0.4 is 10.6 Å². The normalized spacial score (nSPS) is 13.7. The first kappa shape index (κ1) is 20.7. The number of benzene rings is 1. The molecule has 31 heavy (non-hydrogen) atoms. The van der Waals surface area contributed by atoms with Gasteiger partial charge in [0, 0.05) is 30.5 Å². The molecule has 4 rings (SSSR count). The second-order valence-corrected chi connectivity index (χ2v) is 7.69. The molecule has 0 saturated carbocycles. The maximum absolute atomic E-state index is 12.6. The van der Waals surface area contributed by atoms with Gasteiger partial charge in [0.2, 0.25) is 5.91 Å². The van der Waals surface area contributed by atoms with Gasteiger partial charge in [-0.15, -0.1) is 0 Å². The number of H-pyrrole nitrogens is 1. The molecule has 160 valence electrons. The van der Waals surface area contributed by atoms with Crippen molar-refractivity contribution in [3.8, 4) is 0 Å². The van der Waals surface area contributed by atoms with Crippen LogP contribution in [0.2, 0.25) is 5.02 Å². The van der Waals surface area contributed by atoms with Crippen molar-refractivity contribution in [3.05, 3.63) is 59.7 Å². The van der Waals surface area contributed by atoms with Crippen molar-refractivity contribution >= 4 is 46.2 Å². The number of anilines is 1. The van der Waals surface area contributed by atoms with Gasteiger partial charge in [0.25, 0.3) is 5.91 Å². The SMILES string of the molecule is C=CC(=O)N1CC(NC(=O)c2cnc(CNc3n[nH]c4cc(Cl)c(C=C)cc34)n2C)C1. The predicted octanol–water partition coefficient (Wildman–Crippen LogP) is 2.33. The van der Waals surface area contributed by atoms with Crippen LogP contribution in [-0.4, -0.2) is 55.6 Å². The van der Waals surface area contributed by atoms with Crippen LogP contribution in [-0.2, 0) is 18.4 Å². The summed E-state index contributed by atoms with van der Waals surface area (Å²) in [6, 6.07) is 3.64. The van der Waals surface area contributed by atoms with Crippen molar-refractivity contribution < 1.29 is 9.59 Å². The van der Waals surface area contributed by atoms with Crippen molar-refractivity contribution in [2.45, 2.75) is 12.6 Å². The molecule has 1 aromatic carbocycles. The molecule has 3 N–H and O–H groups in total. The molecule has 1 saturated heterocycles. The van der Waals surface area contributed by atoms with Crippen LogP contribution in [0.3, 0.4) is 0 Å². The zero-order valence-corrected chi connectivity index (χ0v) is 17.7. The maximum Gasteiger partial charge on any atom is 0.269 e. The molecule has 0 radical (unpaired) electrons. The number of nitrogens with zero attached hydrogens (tertiary/aromatic N) is 4. The Morgan fingerprint density at radius 1 is 1.35 bits per heavy atom. The monoisotopic (exact) mass is 439 g/mol. The van der Waals surface area contributed by atoms with Gasteiger partial charge in [-0.2, -0.15) is 5.10 Å². The minimum absolute atomic E-state index is 0.0748. The highest BCUT2D eigenvalue weighted by molar-refractivity contribution is 6.32. The minimum Gasteiger partial charge on any atom is -0.361 e. The topological polar surface area (TPSA) is 108 Å². The fourth-order valence-electron chi connectivity index (χ4n) is 3.47. The number of hydrogen-bond donors (Lipinski definition) is 3. The van der Waals surface area contributed by atoms with E-state index in [2.05, 4.69) is 39.0 Å². The molecular weight excluding hydrogens is 418 g/mol. The summed E-state index contributed by atoms with van der Waals surface area (Å²) in [6.45, 7) is 8.57. The number of aromatic nitrogens is 4. The van der Waals surface area contributed by atoms with Gasteiger partial charge in [-0.1, -0.05) is 30.8 Å². The predicted molar refractivity (Wildman–Crippen MR) is 120 cm³/mol. The standard InChI is InChI=1S/C21H22ClN7O2/c1-4-12-6-14-16(7-15(12)22)26-27-20(14)24-9-18-23-8-17(28(18)3)21(31)25-13-10-29(11-13)19(30)5-2/h4-8,13H,1-2,9-11H2,3H3,(H,25,31)(H2,24,26,27). The van der Waals surface area contributed by atoms with Crippen molar-refractivity contribution in [2.24, 2.45) is 7.05 Å². The number of carbonyl (C=O) groups is 2. The molecular formula is C21H22ClN7O2. The third-order valence-electron chi connectivity index (χ3n) is 5.33. The van der Waals surface area contributed by atoms with Crippen LogP contribution >= 0.6 is 11.6 Å². The first-order valence-electron chi connectivity index (χ1n) is 9.68. The van der Waals surface area contributed by atoms with E-state index in [9.17, 15) is 9.59 Å². The third kappa shape index (κ3) is 3.91. The molecule has 0 unspecified atom stereocenters. The smallest absolute Gasteiger partial charge is 0.269 e. The van der Waals surface area contributed by atoms with E-state index in [1.54, 1.807) is 28.7 Å². The van der Waals surface area contributed by atoms with E-state index in [0.29, 0.717) is 42.0 Å². The molecule has 0 aliphatic carbocycles.